The Bertz CT molecular complexity index is 350. The van der Waals surface area contributed by atoms with Crippen LogP contribution in [0.2, 0.25) is 0 Å². The molecule has 0 aromatic heterocycles. The van der Waals surface area contributed by atoms with Crippen molar-refractivity contribution in [1.29, 1.82) is 0 Å². The molecule has 5 heteroatoms. The third-order valence-corrected chi connectivity index (χ3v) is 4.67. The maximum Gasteiger partial charge on any atom is 0.223 e. The molecule has 1 amide bonds. The summed E-state index contributed by atoms with van der Waals surface area (Å²) in [6.07, 6.45) is -0.340. The number of rotatable bonds is 1. The maximum absolute atomic E-state index is 11.1. The predicted octanol–water partition coefficient (Wildman–Crippen LogP) is -0.836. The van der Waals surface area contributed by atoms with E-state index in [0.717, 1.165) is 0 Å². The molecule has 5 nitrogen and oxygen atoms in total. The fraction of sp³-hybridized carbons (Fsp3) is 0.909. The summed E-state index contributed by atoms with van der Waals surface area (Å²) in [6.45, 7) is 3.71. The van der Waals surface area contributed by atoms with E-state index in [1.807, 2.05) is 13.8 Å². The van der Waals surface area contributed by atoms with Gasteiger partial charge in [0, 0.05) is 5.92 Å². The summed E-state index contributed by atoms with van der Waals surface area (Å²) in [5.74, 6) is -0.343. The molecule has 2 heterocycles. The van der Waals surface area contributed by atoms with Gasteiger partial charge in [-0.15, -0.1) is 0 Å². The SMILES string of the molecule is CCC1(O)C(C)C(O)C2(CC(=O)N2)C2OC21. The van der Waals surface area contributed by atoms with Crippen molar-refractivity contribution in [2.75, 3.05) is 0 Å². The maximum atomic E-state index is 11.1. The molecule has 16 heavy (non-hydrogen) atoms. The zero-order valence-electron chi connectivity index (χ0n) is 9.43. The van der Waals surface area contributed by atoms with Crippen molar-refractivity contribution in [3.8, 4) is 0 Å². The molecule has 1 saturated carbocycles. The molecule has 3 rings (SSSR count). The second kappa shape index (κ2) is 2.78. The van der Waals surface area contributed by atoms with E-state index in [9.17, 15) is 15.0 Å². The van der Waals surface area contributed by atoms with Crippen LogP contribution in [0.5, 0.6) is 0 Å². The van der Waals surface area contributed by atoms with Gasteiger partial charge in [-0.2, -0.15) is 0 Å². The molecule has 1 aliphatic carbocycles. The number of nitrogens with one attached hydrogen (secondary N) is 1. The van der Waals surface area contributed by atoms with E-state index in [2.05, 4.69) is 5.32 Å². The van der Waals surface area contributed by atoms with Gasteiger partial charge in [0.15, 0.2) is 0 Å². The predicted molar refractivity (Wildman–Crippen MR) is 54.6 cm³/mol. The number of amides is 1. The molecule has 2 saturated heterocycles. The third-order valence-electron chi connectivity index (χ3n) is 4.67. The van der Waals surface area contributed by atoms with Gasteiger partial charge in [-0.05, 0) is 6.42 Å². The molecule has 2 aliphatic heterocycles. The highest BCUT2D eigenvalue weighted by Gasteiger charge is 2.75. The fourth-order valence-corrected chi connectivity index (χ4v) is 3.41. The van der Waals surface area contributed by atoms with Gasteiger partial charge < -0.3 is 20.3 Å². The Kier molecular flexibility index (Phi) is 1.82. The highest BCUT2D eigenvalue weighted by molar-refractivity contribution is 5.86. The Morgan fingerprint density at radius 1 is 1.56 bits per heavy atom. The Hall–Kier alpha value is -0.650. The summed E-state index contributed by atoms with van der Waals surface area (Å²) < 4.78 is 5.51. The van der Waals surface area contributed by atoms with Crippen LogP contribution >= 0.6 is 0 Å². The molecule has 3 fully saturated rings. The average molecular weight is 227 g/mol. The first kappa shape index (κ1) is 10.5. The van der Waals surface area contributed by atoms with Crippen LogP contribution in [0, 0.1) is 5.92 Å². The summed E-state index contributed by atoms with van der Waals surface area (Å²) in [5, 5.41) is 23.5. The standard InChI is InChI=1S/C11H17NO4/c1-3-11(15)5(2)7(14)10(4-6(13)12-10)8-9(11)16-8/h5,7-9,14-15H,3-4H2,1-2H3,(H,12,13). The van der Waals surface area contributed by atoms with Crippen molar-refractivity contribution in [3.63, 3.8) is 0 Å². The van der Waals surface area contributed by atoms with Crippen molar-refractivity contribution in [3.05, 3.63) is 0 Å². The van der Waals surface area contributed by atoms with Crippen molar-refractivity contribution >= 4 is 5.91 Å². The summed E-state index contributed by atoms with van der Waals surface area (Å²) in [5.41, 5.74) is -1.60. The fourth-order valence-electron chi connectivity index (χ4n) is 3.41. The number of carbonyl (C=O) groups is 1. The van der Waals surface area contributed by atoms with Crippen molar-refractivity contribution in [2.24, 2.45) is 5.92 Å². The van der Waals surface area contributed by atoms with Crippen LogP contribution < -0.4 is 5.32 Å². The lowest BCUT2D eigenvalue weighted by Crippen LogP contribution is -2.76. The smallest absolute Gasteiger partial charge is 0.223 e. The van der Waals surface area contributed by atoms with Gasteiger partial charge in [0.1, 0.15) is 17.7 Å². The lowest BCUT2D eigenvalue weighted by Gasteiger charge is -2.52. The van der Waals surface area contributed by atoms with Crippen LogP contribution in [0.25, 0.3) is 0 Å². The highest BCUT2D eigenvalue weighted by atomic mass is 16.6. The molecule has 0 radical (unpaired) electrons. The molecular weight excluding hydrogens is 210 g/mol. The molecule has 0 aromatic rings. The molecule has 90 valence electrons. The minimum Gasteiger partial charge on any atom is -0.390 e. The molecular formula is C11H17NO4. The highest BCUT2D eigenvalue weighted by Crippen LogP contribution is 2.55. The number of hydrogen-bond acceptors (Lipinski definition) is 4. The number of ether oxygens (including phenoxy) is 1. The van der Waals surface area contributed by atoms with E-state index < -0.39 is 17.2 Å². The lowest BCUT2D eigenvalue weighted by molar-refractivity contribution is -0.159. The number of β-lactam (4-membered cyclic amide) rings is 1. The number of epoxide rings is 1. The topological polar surface area (TPSA) is 82.1 Å². The van der Waals surface area contributed by atoms with Crippen LogP contribution in [0.15, 0.2) is 0 Å². The average Bonchev–Trinajstić information content (AvgIpc) is 3.00. The molecule has 6 atom stereocenters. The zero-order chi connectivity index (χ0) is 11.7. The first-order valence-electron chi connectivity index (χ1n) is 5.82. The quantitative estimate of drug-likeness (QED) is 0.403. The molecule has 0 aromatic carbocycles. The van der Waals surface area contributed by atoms with Gasteiger partial charge in [-0.1, -0.05) is 13.8 Å². The monoisotopic (exact) mass is 227 g/mol. The summed E-state index contributed by atoms with van der Waals surface area (Å²) in [4.78, 5) is 11.1. The van der Waals surface area contributed by atoms with Gasteiger partial charge in [0.25, 0.3) is 0 Å². The Labute approximate surface area is 93.8 Å². The van der Waals surface area contributed by atoms with Gasteiger partial charge >= 0.3 is 0 Å². The molecule has 1 spiro atoms. The summed E-state index contributed by atoms with van der Waals surface area (Å²) >= 11 is 0. The largest absolute Gasteiger partial charge is 0.390 e. The molecule has 0 bridgehead atoms. The summed E-state index contributed by atoms with van der Waals surface area (Å²) in [7, 11) is 0. The first-order valence-corrected chi connectivity index (χ1v) is 5.82. The van der Waals surface area contributed by atoms with Crippen LogP contribution in [-0.2, 0) is 9.53 Å². The Balaban J connectivity index is 1.92. The minimum absolute atomic E-state index is 0.0533. The zero-order valence-corrected chi connectivity index (χ0v) is 9.43. The minimum atomic E-state index is -0.963. The van der Waals surface area contributed by atoms with Crippen molar-refractivity contribution < 1.29 is 19.7 Å². The van der Waals surface area contributed by atoms with Gasteiger partial charge in [0.2, 0.25) is 5.91 Å². The number of aliphatic hydroxyl groups is 2. The molecule has 6 unspecified atom stereocenters. The van der Waals surface area contributed by atoms with Gasteiger partial charge in [-0.3, -0.25) is 4.79 Å². The van der Waals surface area contributed by atoms with Crippen LogP contribution in [0.1, 0.15) is 26.7 Å². The lowest BCUT2D eigenvalue weighted by atomic mass is 9.61. The second-order valence-corrected chi connectivity index (χ2v) is 5.32. The molecule has 3 N–H and O–H groups in total. The van der Waals surface area contributed by atoms with E-state index in [1.54, 1.807) is 0 Å². The van der Waals surface area contributed by atoms with Crippen LogP contribution in [0.3, 0.4) is 0 Å². The summed E-state index contributed by atoms with van der Waals surface area (Å²) in [6, 6.07) is 0. The Morgan fingerprint density at radius 2 is 2.19 bits per heavy atom. The van der Waals surface area contributed by atoms with E-state index in [-0.39, 0.29) is 24.0 Å². The van der Waals surface area contributed by atoms with Crippen molar-refractivity contribution in [2.45, 2.75) is 56.1 Å². The first-order chi connectivity index (χ1) is 7.45. The van der Waals surface area contributed by atoms with E-state index in [1.165, 1.54) is 0 Å². The van der Waals surface area contributed by atoms with E-state index >= 15 is 0 Å². The second-order valence-electron chi connectivity index (χ2n) is 5.32. The number of carbonyl (C=O) groups excluding carboxylic acids is 1. The Morgan fingerprint density at radius 3 is 2.69 bits per heavy atom. The number of fused-ring (bicyclic) bond motifs is 2. The normalized spacial score (nSPS) is 58.9. The molecule has 3 aliphatic rings. The van der Waals surface area contributed by atoms with E-state index in [0.29, 0.717) is 12.8 Å². The van der Waals surface area contributed by atoms with Crippen molar-refractivity contribution in [1.82, 2.24) is 5.32 Å². The van der Waals surface area contributed by atoms with E-state index in [4.69, 9.17) is 4.74 Å². The van der Waals surface area contributed by atoms with Crippen LogP contribution in [-0.4, -0.2) is 45.6 Å². The number of aliphatic hydroxyl groups excluding tert-OH is 1. The number of hydrogen-bond donors (Lipinski definition) is 3. The van der Waals surface area contributed by atoms with Crippen LogP contribution in [0.4, 0.5) is 0 Å². The third kappa shape index (κ3) is 0.948. The van der Waals surface area contributed by atoms with Gasteiger partial charge in [0.05, 0.1) is 18.1 Å². The van der Waals surface area contributed by atoms with Gasteiger partial charge in [-0.25, -0.2) is 0 Å².